The van der Waals surface area contributed by atoms with E-state index in [-0.39, 0.29) is 11.6 Å². The summed E-state index contributed by atoms with van der Waals surface area (Å²) >= 11 is 0. The van der Waals surface area contributed by atoms with Crippen molar-refractivity contribution in [3.8, 4) is 11.5 Å². The molecule has 0 aliphatic carbocycles. The molecule has 2 N–H and O–H groups in total. The highest BCUT2D eigenvalue weighted by atomic mass is 19.1. The van der Waals surface area contributed by atoms with Gasteiger partial charge in [-0.1, -0.05) is 0 Å². The molecular weight excluding hydrogens is 209 g/mol. The van der Waals surface area contributed by atoms with Crippen molar-refractivity contribution in [3.05, 3.63) is 23.5 Å². The Hall–Kier alpha value is -1.29. The van der Waals surface area contributed by atoms with Crippen molar-refractivity contribution in [2.45, 2.75) is 25.3 Å². The lowest BCUT2D eigenvalue weighted by Crippen LogP contribution is -2.24. The molecule has 0 spiro atoms. The predicted molar refractivity (Wildman–Crippen MR) is 59.3 cm³/mol. The number of rotatable bonds is 3. The van der Waals surface area contributed by atoms with Crippen molar-refractivity contribution in [2.24, 2.45) is 0 Å². The molecule has 0 saturated carbocycles. The van der Waals surface area contributed by atoms with E-state index in [4.69, 9.17) is 4.74 Å². The molecule has 1 heterocycles. The van der Waals surface area contributed by atoms with Crippen LogP contribution in [0, 0.1) is 5.82 Å². The molecular formula is C12H16FNO2. The number of phenols is 1. The van der Waals surface area contributed by atoms with Gasteiger partial charge in [0.1, 0.15) is 5.82 Å². The molecule has 1 unspecified atom stereocenters. The zero-order valence-electron chi connectivity index (χ0n) is 9.29. The first kappa shape index (κ1) is 11.2. The number of phenolic OH excluding ortho intramolecular Hbond substituents is 1. The molecule has 1 aromatic carbocycles. The van der Waals surface area contributed by atoms with Gasteiger partial charge in [-0.3, -0.25) is 0 Å². The lowest BCUT2D eigenvalue weighted by Gasteiger charge is -2.12. The van der Waals surface area contributed by atoms with E-state index in [0.717, 1.165) is 25.5 Å². The van der Waals surface area contributed by atoms with Gasteiger partial charge in [0, 0.05) is 12.1 Å². The highest BCUT2D eigenvalue weighted by Crippen LogP contribution is 2.29. The topological polar surface area (TPSA) is 41.5 Å². The largest absolute Gasteiger partial charge is 0.504 e. The fraction of sp³-hybridized carbons (Fsp3) is 0.500. The van der Waals surface area contributed by atoms with Crippen molar-refractivity contribution in [2.75, 3.05) is 13.7 Å². The average molecular weight is 225 g/mol. The van der Waals surface area contributed by atoms with Crippen LogP contribution in [0.2, 0.25) is 0 Å². The molecule has 16 heavy (non-hydrogen) atoms. The van der Waals surface area contributed by atoms with E-state index in [1.807, 2.05) is 0 Å². The second-order valence-corrected chi connectivity index (χ2v) is 4.11. The Bertz CT molecular complexity index is 376. The minimum absolute atomic E-state index is 0.150. The molecule has 1 aromatic rings. The van der Waals surface area contributed by atoms with Gasteiger partial charge in [-0.15, -0.1) is 0 Å². The van der Waals surface area contributed by atoms with E-state index in [2.05, 4.69) is 5.32 Å². The van der Waals surface area contributed by atoms with Crippen LogP contribution in [0.5, 0.6) is 11.5 Å². The molecule has 1 aliphatic heterocycles. The molecule has 1 saturated heterocycles. The molecule has 0 radical (unpaired) electrons. The van der Waals surface area contributed by atoms with Gasteiger partial charge in [-0.2, -0.15) is 0 Å². The third kappa shape index (κ3) is 2.27. The molecule has 88 valence electrons. The van der Waals surface area contributed by atoms with Gasteiger partial charge in [0.2, 0.25) is 0 Å². The minimum Gasteiger partial charge on any atom is -0.504 e. The van der Waals surface area contributed by atoms with E-state index < -0.39 is 0 Å². The monoisotopic (exact) mass is 225 g/mol. The summed E-state index contributed by atoms with van der Waals surface area (Å²) in [6.45, 7) is 1.00. The van der Waals surface area contributed by atoms with Crippen molar-refractivity contribution in [3.63, 3.8) is 0 Å². The van der Waals surface area contributed by atoms with Crippen LogP contribution in [-0.4, -0.2) is 24.8 Å². The third-order valence-corrected chi connectivity index (χ3v) is 2.98. The standard InChI is InChI=1S/C12H16FNO2/c1-16-12-6-8(10(13)7-11(12)15)5-9-3-2-4-14-9/h6-7,9,14-15H,2-5H2,1H3. The zero-order valence-corrected chi connectivity index (χ0v) is 9.29. The molecule has 0 amide bonds. The van der Waals surface area contributed by atoms with Gasteiger partial charge in [-0.25, -0.2) is 4.39 Å². The Balaban J connectivity index is 2.18. The number of halogens is 1. The molecule has 1 fully saturated rings. The number of hydrogen-bond donors (Lipinski definition) is 2. The van der Waals surface area contributed by atoms with Crippen molar-refractivity contribution >= 4 is 0 Å². The summed E-state index contributed by atoms with van der Waals surface area (Å²) in [4.78, 5) is 0. The first-order valence-electron chi connectivity index (χ1n) is 5.49. The maximum atomic E-state index is 13.6. The van der Waals surface area contributed by atoms with Gasteiger partial charge in [-0.05, 0) is 37.4 Å². The number of hydrogen-bond acceptors (Lipinski definition) is 3. The second-order valence-electron chi connectivity index (χ2n) is 4.11. The molecule has 1 aliphatic rings. The Morgan fingerprint density at radius 3 is 3.00 bits per heavy atom. The SMILES string of the molecule is COc1cc(CC2CCCN2)c(F)cc1O. The second kappa shape index (κ2) is 4.70. The predicted octanol–water partition coefficient (Wildman–Crippen LogP) is 1.83. The van der Waals surface area contributed by atoms with Crippen LogP contribution >= 0.6 is 0 Å². The van der Waals surface area contributed by atoms with Gasteiger partial charge in [0.15, 0.2) is 11.5 Å². The van der Waals surface area contributed by atoms with Gasteiger partial charge >= 0.3 is 0 Å². The summed E-state index contributed by atoms with van der Waals surface area (Å²) in [5.74, 6) is -0.190. The lowest BCUT2D eigenvalue weighted by atomic mass is 10.0. The Labute approximate surface area is 94.2 Å². The van der Waals surface area contributed by atoms with E-state index in [9.17, 15) is 9.50 Å². The van der Waals surface area contributed by atoms with Crippen LogP contribution in [0.4, 0.5) is 4.39 Å². The van der Waals surface area contributed by atoms with E-state index >= 15 is 0 Å². The Morgan fingerprint density at radius 2 is 2.38 bits per heavy atom. The molecule has 2 rings (SSSR count). The summed E-state index contributed by atoms with van der Waals surface area (Å²) < 4.78 is 18.5. The quantitative estimate of drug-likeness (QED) is 0.824. The van der Waals surface area contributed by atoms with Crippen LogP contribution in [0.1, 0.15) is 18.4 Å². The van der Waals surface area contributed by atoms with Crippen molar-refractivity contribution in [1.82, 2.24) is 5.32 Å². The Kier molecular flexibility index (Phi) is 3.29. The number of nitrogens with one attached hydrogen (secondary N) is 1. The fourth-order valence-electron chi connectivity index (χ4n) is 2.10. The van der Waals surface area contributed by atoms with Gasteiger partial charge in [0.25, 0.3) is 0 Å². The molecule has 3 nitrogen and oxygen atoms in total. The zero-order chi connectivity index (χ0) is 11.5. The van der Waals surface area contributed by atoms with Crippen LogP contribution in [0.15, 0.2) is 12.1 Å². The number of aromatic hydroxyl groups is 1. The van der Waals surface area contributed by atoms with Crippen LogP contribution < -0.4 is 10.1 Å². The van der Waals surface area contributed by atoms with Crippen molar-refractivity contribution in [1.29, 1.82) is 0 Å². The first-order valence-corrected chi connectivity index (χ1v) is 5.49. The summed E-state index contributed by atoms with van der Waals surface area (Å²) in [5.41, 5.74) is 0.592. The summed E-state index contributed by atoms with van der Waals surface area (Å²) in [6, 6.07) is 3.03. The first-order chi connectivity index (χ1) is 7.70. The summed E-state index contributed by atoms with van der Waals surface area (Å²) in [6.07, 6.45) is 2.85. The van der Waals surface area contributed by atoms with Crippen LogP contribution in [0.3, 0.4) is 0 Å². The maximum Gasteiger partial charge on any atom is 0.160 e. The molecule has 4 heteroatoms. The maximum absolute atomic E-state index is 13.6. The van der Waals surface area contributed by atoms with Gasteiger partial charge in [0.05, 0.1) is 7.11 Å². The lowest BCUT2D eigenvalue weighted by molar-refractivity contribution is 0.369. The Morgan fingerprint density at radius 1 is 1.56 bits per heavy atom. The number of ether oxygens (including phenoxy) is 1. The third-order valence-electron chi connectivity index (χ3n) is 2.98. The van der Waals surface area contributed by atoms with Crippen molar-refractivity contribution < 1.29 is 14.2 Å². The molecule has 0 aromatic heterocycles. The summed E-state index contributed by atoms with van der Waals surface area (Å²) in [5, 5.41) is 12.7. The van der Waals surface area contributed by atoms with E-state index in [0.29, 0.717) is 23.8 Å². The van der Waals surface area contributed by atoms with Gasteiger partial charge < -0.3 is 15.2 Å². The smallest absolute Gasteiger partial charge is 0.160 e. The minimum atomic E-state index is -0.369. The van der Waals surface area contributed by atoms with E-state index in [1.54, 1.807) is 6.07 Å². The molecule has 1 atom stereocenters. The fourth-order valence-corrected chi connectivity index (χ4v) is 2.10. The molecule has 0 bridgehead atoms. The highest BCUT2D eigenvalue weighted by molar-refractivity contribution is 5.42. The average Bonchev–Trinajstić information content (AvgIpc) is 2.75. The number of benzene rings is 1. The van der Waals surface area contributed by atoms with Crippen LogP contribution in [0.25, 0.3) is 0 Å². The van der Waals surface area contributed by atoms with Crippen LogP contribution in [-0.2, 0) is 6.42 Å². The summed E-state index contributed by atoms with van der Waals surface area (Å²) in [7, 11) is 1.46. The number of methoxy groups -OCH3 is 1. The normalized spacial score (nSPS) is 20.0. The van der Waals surface area contributed by atoms with E-state index in [1.165, 1.54) is 7.11 Å². The highest BCUT2D eigenvalue weighted by Gasteiger charge is 2.18.